The average molecular weight is 845 g/mol. The molecule has 12 nitrogen and oxygen atoms in total. The van der Waals surface area contributed by atoms with Gasteiger partial charge in [0.15, 0.2) is 69.1 Å². The highest BCUT2D eigenvalue weighted by Crippen LogP contribution is 2.45. The number of halogens is 8. The van der Waals surface area contributed by atoms with Crippen LogP contribution in [0.15, 0.2) is 88.1 Å². The van der Waals surface area contributed by atoms with Gasteiger partial charge < -0.3 is 40.2 Å². The smallest absolute Gasteiger partial charge is 0.336 e. The second-order valence-electron chi connectivity index (χ2n) is 11.9. The van der Waals surface area contributed by atoms with E-state index in [9.17, 15) is 69.6 Å². The largest absolute Gasteiger partial charge is 0.505 e. The summed E-state index contributed by atoms with van der Waals surface area (Å²) in [7, 11) is 0. The number of phenolic OH excluding ortho intramolecular Hbond substituents is 5. The summed E-state index contributed by atoms with van der Waals surface area (Å²) < 4.78 is 113. The fraction of sp³-hybridized carbons (Fsp3) is 0. The summed E-state index contributed by atoms with van der Waals surface area (Å²) in [5.74, 6) is -22.5. The van der Waals surface area contributed by atoms with Crippen LogP contribution in [0.2, 0.25) is 0 Å². The maximum Gasteiger partial charge on any atom is 0.336 e. The highest BCUT2D eigenvalue weighted by Gasteiger charge is 2.30. The third kappa shape index (κ3) is 7.88. The molecule has 5 aromatic carbocycles. The summed E-state index contributed by atoms with van der Waals surface area (Å²) in [6.45, 7) is 0. The SMILES string of the molecule is O=C(O)c1ccccc1-c1c2cc(F)c(=O)c(F)c-2oc2c(F)c(O)c(F)cc12.O=C(O)c1ccccc1C(=O)c1cc(F)c(O)c(F)c1O.Oc1ccc(F)c(O)c1F. The quantitative estimate of drug-likeness (QED) is 0.0495. The van der Waals surface area contributed by atoms with Gasteiger partial charge in [-0.05, 0) is 48.0 Å². The molecule has 0 saturated carbocycles. The van der Waals surface area contributed by atoms with E-state index < -0.39 is 126 Å². The number of phenols is 5. The fourth-order valence-electron chi connectivity index (χ4n) is 5.49. The minimum Gasteiger partial charge on any atom is -0.505 e. The lowest BCUT2D eigenvalue weighted by atomic mass is 9.90. The molecule has 2 aliphatic rings. The highest BCUT2D eigenvalue weighted by molar-refractivity contribution is 6.15. The second kappa shape index (κ2) is 16.7. The summed E-state index contributed by atoms with van der Waals surface area (Å²) in [6, 6.07) is 13.5. The van der Waals surface area contributed by atoms with Gasteiger partial charge in [0.05, 0.1) is 16.7 Å². The zero-order chi connectivity index (χ0) is 44.5. The summed E-state index contributed by atoms with van der Waals surface area (Å²) >= 11 is 0. The van der Waals surface area contributed by atoms with Gasteiger partial charge in [0.2, 0.25) is 23.3 Å². The summed E-state index contributed by atoms with van der Waals surface area (Å²) in [6.07, 6.45) is 0. The van der Waals surface area contributed by atoms with E-state index in [2.05, 4.69) is 0 Å². The van der Waals surface area contributed by atoms with Gasteiger partial charge in [0.1, 0.15) is 0 Å². The molecule has 0 amide bonds. The molecule has 0 aromatic heterocycles. The Morgan fingerprint density at radius 1 is 0.483 bits per heavy atom. The number of rotatable bonds is 5. The maximum absolute atomic E-state index is 14.5. The minimum absolute atomic E-state index is 0.132. The van der Waals surface area contributed by atoms with Crippen molar-refractivity contribution in [1.29, 1.82) is 0 Å². The molecule has 0 radical (unpaired) electrons. The molecule has 0 fully saturated rings. The minimum atomic E-state index is -1.69. The van der Waals surface area contributed by atoms with Crippen molar-refractivity contribution in [3.8, 4) is 51.2 Å². The van der Waals surface area contributed by atoms with Crippen LogP contribution in [-0.2, 0) is 0 Å². The normalized spacial score (nSPS) is 10.7. The van der Waals surface area contributed by atoms with Crippen LogP contribution in [0.3, 0.4) is 0 Å². The van der Waals surface area contributed by atoms with Crippen LogP contribution in [0, 0.1) is 46.5 Å². The number of aromatic carboxylic acids is 2. The van der Waals surface area contributed by atoms with E-state index in [1.54, 1.807) is 0 Å². The lowest BCUT2D eigenvalue weighted by molar-refractivity contribution is 0.0685. The molecular formula is C40H20F8O12. The van der Waals surface area contributed by atoms with Gasteiger partial charge in [0, 0.05) is 22.1 Å². The monoisotopic (exact) mass is 844 g/mol. The van der Waals surface area contributed by atoms with Crippen molar-refractivity contribution < 1.29 is 89.7 Å². The van der Waals surface area contributed by atoms with Gasteiger partial charge in [-0.25, -0.2) is 27.2 Å². The van der Waals surface area contributed by atoms with Crippen molar-refractivity contribution in [1.82, 2.24) is 0 Å². The first kappa shape index (κ1) is 43.0. The molecule has 7 rings (SSSR count). The van der Waals surface area contributed by atoms with Crippen LogP contribution in [0.25, 0.3) is 33.4 Å². The molecule has 0 spiro atoms. The van der Waals surface area contributed by atoms with Crippen molar-refractivity contribution in [2.24, 2.45) is 0 Å². The average Bonchev–Trinajstić information content (AvgIpc) is 3.23. The third-order valence-corrected chi connectivity index (χ3v) is 8.31. The Hall–Kier alpha value is -8.16. The Bertz CT molecular complexity index is 2900. The number of fused-ring (bicyclic) bond motifs is 2. The number of carboxylic acid groups (broad SMARTS) is 2. The molecule has 0 bridgehead atoms. The van der Waals surface area contributed by atoms with Crippen LogP contribution in [0.1, 0.15) is 36.6 Å². The van der Waals surface area contributed by atoms with Crippen LogP contribution in [-0.4, -0.2) is 53.5 Å². The predicted octanol–water partition coefficient (Wildman–Crippen LogP) is 8.21. The number of aromatic hydroxyl groups is 5. The fourth-order valence-corrected chi connectivity index (χ4v) is 5.49. The Kier molecular flexibility index (Phi) is 12.0. The van der Waals surface area contributed by atoms with Crippen LogP contribution >= 0.6 is 0 Å². The molecule has 60 heavy (non-hydrogen) atoms. The Labute approximate surface area is 327 Å². The molecule has 1 aliphatic heterocycles. The Morgan fingerprint density at radius 2 is 1.02 bits per heavy atom. The van der Waals surface area contributed by atoms with Crippen LogP contribution < -0.4 is 5.43 Å². The standard InChI is InChI=1S/C20H8F4O5.C14H8F2O5.C6H4F2O2/c21-11-5-9-13(7-3-1-2-4-8(7)20(27)28)10-6-12(22)17(26)15(24)19(10)29-18(9)14(23)16(11)25;15-9-5-8(12(18)10(16)13(9)19)11(17)6-3-1-2-4-7(6)14(20)21;7-3-1-2-4(9)5(8)6(3)10/h1-6,25H,(H,27,28);1-5,18-19H,(H,20,21);1-2,9-10H. The third-order valence-electron chi connectivity index (χ3n) is 8.31. The second-order valence-corrected chi connectivity index (χ2v) is 11.9. The van der Waals surface area contributed by atoms with E-state index in [-0.39, 0.29) is 27.8 Å². The van der Waals surface area contributed by atoms with Crippen LogP contribution in [0.5, 0.6) is 28.7 Å². The van der Waals surface area contributed by atoms with Gasteiger partial charge >= 0.3 is 11.9 Å². The van der Waals surface area contributed by atoms with E-state index >= 15 is 0 Å². The number of ketones is 1. The van der Waals surface area contributed by atoms with Crippen molar-refractivity contribution >= 4 is 28.7 Å². The van der Waals surface area contributed by atoms with Crippen molar-refractivity contribution in [2.75, 3.05) is 0 Å². The summed E-state index contributed by atoms with van der Waals surface area (Å²) in [4.78, 5) is 46.5. The van der Waals surface area contributed by atoms with E-state index in [0.717, 1.165) is 24.3 Å². The number of carbonyl (C=O) groups is 3. The van der Waals surface area contributed by atoms with Crippen LogP contribution in [0.4, 0.5) is 35.1 Å². The first-order chi connectivity index (χ1) is 28.2. The molecule has 1 aliphatic carbocycles. The Morgan fingerprint density at radius 3 is 1.62 bits per heavy atom. The number of carboxylic acids is 2. The number of hydrogen-bond donors (Lipinski definition) is 7. The number of carbonyl (C=O) groups excluding carboxylic acids is 1. The zero-order valence-electron chi connectivity index (χ0n) is 29.2. The molecule has 20 heteroatoms. The zero-order valence-corrected chi connectivity index (χ0v) is 29.2. The van der Waals surface area contributed by atoms with Gasteiger partial charge in [-0.2, -0.15) is 17.6 Å². The summed E-state index contributed by atoms with van der Waals surface area (Å²) in [5, 5.41) is 63.1. The number of benzene rings is 6. The molecule has 0 saturated heterocycles. The van der Waals surface area contributed by atoms with E-state index in [4.69, 9.17) is 24.8 Å². The van der Waals surface area contributed by atoms with Gasteiger partial charge in [0.25, 0.3) is 5.43 Å². The van der Waals surface area contributed by atoms with Gasteiger partial charge in [-0.1, -0.05) is 36.4 Å². The van der Waals surface area contributed by atoms with E-state index in [1.807, 2.05) is 0 Å². The molecule has 308 valence electrons. The van der Waals surface area contributed by atoms with E-state index in [1.165, 1.54) is 36.4 Å². The first-order valence-electron chi connectivity index (χ1n) is 16.1. The molecule has 0 unspecified atom stereocenters. The van der Waals surface area contributed by atoms with Gasteiger partial charge in [-0.3, -0.25) is 9.59 Å². The van der Waals surface area contributed by atoms with Crippen molar-refractivity contribution in [2.45, 2.75) is 0 Å². The first-order valence-corrected chi connectivity index (χ1v) is 16.1. The maximum atomic E-state index is 14.5. The predicted molar refractivity (Wildman–Crippen MR) is 189 cm³/mol. The topological polar surface area (TPSA) is 223 Å². The Balaban J connectivity index is 0.000000192. The lowest BCUT2D eigenvalue weighted by Gasteiger charge is -2.17. The highest BCUT2D eigenvalue weighted by atomic mass is 19.2. The van der Waals surface area contributed by atoms with E-state index in [0.29, 0.717) is 18.2 Å². The summed E-state index contributed by atoms with van der Waals surface area (Å²) in [5.41, 5.74) is -5.14. The van der Waals surface area contributed by atoms with Crippen molar-refractivity contribution in [3.05, 3.63) is 158 Å². The molecular weight excluding hydrogens is 824 g/mol. The van der Waals surface area contributed by atoms with Gasteiger partial charge in [-0.15, -0.1) is 0 Å². The molecule has 0 atom stereocenters. The van der Waals surface area contributed by atoms with Crippen molar-refractivity contribution in [3.63, 3.8) is 0 Å². The molecule has 1 heterocycles. The lowest BCUT2D eigenvalue weighted by Crippen LogP contribution is -2.14. The molecule has 7 N–H and O–H groups in total. The molecule has 5 aromatic rings. The number of hydrogen-bond acceptors (Lipinski definition) is 10.